The van der Waals surface area contributed by atoms with E-state index in [1.807, 2.05) is 0 Å². The van der Waals surface area contributed by atoms with Crippen LogP contribution in [0.1, 0.15) is 33.6 Å². The molecule has 14 nitrogen and oxygen atoms in total. The Balaban J connectivity index is 5.46. The number of carboxylic acid groups (broad SMARTS) is 2. The maximum atomic E-state index is 12.5. The topological polar surface area (TPSA) is 251 Å². The van der Waals surface area contributed by atoms with E-state index < -0.39 is 84.6 Å². The van der Waals surface area contributed by atoms with Gasteiger partial charge in [-0.15, -0.1) is 0 Å². The number of nitrogens with one attached hydrogen (secondary N) is 3. The third kappa shape index (κ3) is 9.86. The van der Waals surface area contributed by atoms with Crippen molar-refractivity contribution in [3.8, 4) is 0 Å². The lowest BCUT2D eigenvalue weighted by Crippen LogP contribution is -2.60. The molecule has 5 atom stereocenters. The number of primary amides is 1. The number of hydrogen-bond donors (Lipinski definition) is 8. The molecular weight excluding hydrogens is 418 g/mol. The Hall–Kier alpha value is -3.26. The van der Waals surface area contributed by atoms with Crippen LogP contribution in [0, 0.1) is 5.92 Å². The predicted octanol–water partition coefficient (Wildman–Crippen LogP) is -3.76. The zero-order valence-electron chi connectivity index (χ0n) is 17.3. The number of rotatable bonds is 13. The summed E-state index contributed by atoms with van der Waals surface area (Å²) in [6, 6.07) is -6.12. The molecule has 0 aromatic rings. The number of aliphatic hydroxyl groups excluding tert-OH is 1. The van der Waals surface area contributed by atoms with E-state index in [0.29, 0.717) is 0 Å². The Morgan fingerprint density at radius 3 is 1.71 bits per heavy atom. The first-order valence-corrected chi connectivity index (χ1v) is 9.25. The molecule has 0 aliphatic heterocycles. The molecule has 14 heteroatoms. The highest BCUT2D eigenvalue weighted by molar-refractivity contribution is 5.96. The van der Waals surface area contributed by atoms with Gasteiger partial charge < -0.3 is 42.7 Å². The molecule has 0 aromatic heterocycles. The predicted molar refractivity (Wildman–Crippen MR) is 104 cm³/mol. The summed E-state index contributed by atoms with van der Waals surface area (Å²) in [5, 5.41) is 34.3. The second-order valence-electron chi connectivity index (χ2n) is 7.23. The van der Waals surface area contributed by atoms with E-state index in [2.05, 4.69) is 16.0 Å². The van der Waals surface area contributed by atoms with Crippen molar-refractivity contribution in [2.75, 3.05) is 0 Å². The van der Waals surface area contributed by atoms with E-state index >= 15 is 0 Å². The fourth-order valence-electron chi connectivity index (χ4n) is 2.39. The van der Waals surface area contributed by atoms with Crippen molar-refractivity contribution in [3.05, 3.63) is 0 Å². The van der Waals surface area contributed by atoms with Gasteiger partial charge >= 0.3 is 11.9 Å². The summed E-state index contributed by atoms with van der Waals surface area (Å²) in [7, 11) is 0. The van der Waals surface area contributed by atoms with E-state index in [1.54, 1.807) is 0 Å². The maximum absolute atomic E-state index is 12.5. The molecule has 0 aliphatic carbocycles. The van der Waals surface area contributed by atoms with Crippen LogP contribution in [0.25, 0.3) is 0 Å². The number of amides is 4. The third-order valence-electron chi connectivity index (χ3n) is 4.06. The zero-order valence-corrected chi connectivity index (χ0v) is 17.3. The molecule has 0 fully saturated rings. The molecule has 0 aromatic carbocycles. The summed E-state index contributed by atoms with van der Waals surface area (Å²) in [5.41, 5.74) is 10.4. The first kappa shape index (κ1) is 27.7. The average Bonchev–Trinajstić information content (AvgIpc) is 2.60. The fourth-order valence-corrected chi connectivity index (χ4v) is 2.39. The van der Waals surface area contributed by atoms with Gasteiger partial charge in [0, 0.05) is 0 Å². The van der Waals surface area contributed by atoms with Crippen molar-refractivity contribution in [1.29, 1.82) is 0 Å². The van der Waals surface area contributed by atoms with Gasteiger partial charge in [-0.3, -0.25) is 24.0 Å². The molecule has 0 radical (unpaired) electrons. The Labute approximate surface area is 177 Å². The minimum absolute atomic E-state index is 0.532. The van der Waals surface area contributed by atoms with Crippen LogP contribution in [0.2, 0.25) is 0 Å². The first-order chi connectivity index (χ1) is 14.2. The smallest absolute Gasteiger partial charge is 0.326 e. The van der Waals surface area contributed by atoms with Gasteiger partial charge in [-0.1, -0.05) is 13.8 Å². The number of aliphatic carboxylic acids is 2. The van der Waals surface area contributed by atoms with Crippen LogP contribution in [0.3, 0.4) is 0 Å². The Morgan fingerprint density at radius 2 is 1.32 bits per heavy atom. The monoisotopic (exact) mass is 447 g/mol. The van der Waals surface area contributed by atoms with Gasteiger partial charge in [0.2, 0.25) is 23.6 Å². The zero-order chi connectivity index (χ0) is 24.5. The number of carbonyl (C=O) groups is 6. The highest BCUT2D eigenvalue weighted by Crippen LogP contribution is 2.05. The molecule has 10 N–H and O–H groups in total. The van der Waals surface area contributed by atoms with Crippen molar-refractivity contribution in [3.63, 3.8) is 0 Å². The van der Waals surface area contributed by atoms with Crippen LogP contribution in [0.15, 0.2) is 0 Å². The third-order valence-corrected chi connectivity index (χ3v) is 4.06. The molecule has 0 bridgehead atoms. The minimum atomic E-state index is -1.71. The van der Waals surface area contributed by atoms with Gasteiger partial charge in [-0.2, -0.15) is 0 Å². The lowest BCUT2D eigenvalue weighted by atomic mass is 10.0. The van der Waals surface area contributed by atoms with Crippen molar-refractivity contribution in [1.82, 2.24) is 16.0 Å². The van der Waals surface area contributed by atoms with Crippen molar-refractivity contribution < 1.29 is 44.1 Å². The van der Waals surface area contributed by atoms with Crippen LogP contribution < -0.4 is 27.4 Å². The lowest BCUT2D eigenvalue weighted by molar-refractivity contribution is -0.144. The molecule has 0 spiro atoms. The molecule has 0 saturated heterocycles. The van der Waals surface area contributed by atoms with Gasteiger partial charge in [0.15, 0.2) is 0 Å². The maximum Gasteiger partial charge on any atom is 0.326 e. The van der Waals surface area contributed by atoms with Gasteiger partial charge in [-0.05, 0) is 12.8 Å². The summed E-state index contributed by atoms with van der Waals surface area (Å²) in [4.78, 5) is 70.1. The Bertz CT molecular complexity index is 710. The van der Waals surface area contributed by atoms with E-state index in [-0.39, 0.29) is 0 Å². The van der Waals surface area contributed by atoms with Crippen LogP contribution in [0.5, 0.6) is 0 Å². The highest BCUT2D eigenvalue weighted by Gasteiger charge is 2.34. The number of hydrogen-bond acceptors (Lipinski definition) is 8. The number of nitrogens with two attached hydrogens (primary N) is 2. The fraction of sp³-hybridized carbons (Fsp3) is 0.647. The summed E-state index contributed by atoms with van der Waals surface area (Å²) in [5.74, 6) is -7.47. The number of aliphatic hydroxyl groups is 1. The Kier molecular flexibility index (Phi) is 11.1. The molecule has 176 valence electrons. The molecule has 31 heavy (non-hydrogen) atoms. The van der Waals surface area contributed by atoms with Gasteiger partial charge in [-0.25, -0.2) is 4.79 Å². The summed E-state index contributed by atoms with van der Waals surface area (Å²) >= 11 is 0. The molecule has 0 rings (SSSR count). The first-order valence-electron chi connectivity index (χ1n) is 9.25. The summed E-state index contributed by atoms with van der Waals surface area (Å²) in [6.07, 6.45) is -2.93. The molecular formula is C17H29N5O9. The normalized spacial score (nSPS) is 15.7. The largest absolute Gasteiger partial charge is 0.481 e. The average molecular weight is 447 g/mol. The minimum Gasteiger partial charge on any atom is -0.481 e. The van der Waals surface area contributed by atoms with Crippen LogP contribution >= 0.6 is 0 Å². The van der Waals surface area contributed by atoms with E-state index in [0.717, 1.165) is 6.92 Å². The van der Waals surface area contributed by atoms with Crippen molar-refractivity contribution >= 4 is 35.6 Å². The molecule has 0 saturated carbocycles. The SMILES string of the molecule is CC(C)[C@H](NC(=O)[C@H](CC(=O)O)NC(=O)[C@@H](NC(=O)[C@@H](N)CC(N)=O)[C@@H](C)O)C(=O)O. The van der Waals surface area contributed by atoms with Crippen LogP contribution in [0.4, 0.5) is 0 Å². The second-order valence-corrected chi connectivity index (χ2v) is 7.23. The standard InChI is InChI=1S/C17H29N5O9/c1-6(2)12(17(30)31)21-15(28)9(5-11(25)26)20-16(29)13(7(3)23)22-14(27)8(18)4-10(19)24/h6-9,12-13,23H,4-5,18H2,1-3H3,(H2,19,24)(H,20,29)(H,21,28)(H,22,27)(H,25,26)(H,30,31)/t7-,8+,9+,12+,13+/m1/s1. The van der Waals surface area contributed by atoms with Crippen LogP contribution in [-0.2, 0) is 28.8 Å². The summed E-state index contributed by atoms with van der Waals surface area (Å²) in [6.45, 7) is 4.16. The number of carbonyl (C=O) groups excluding carboxylic acids is 4. The van der Waals surface area contributed by atoms with Gasteiger partial charge in [0.05, 0.1) is 25.0 Å². The molecule has 4 amide bonds. The van der Waals surface area contributed by atoms with Crippen molar-refractivity contribution in [2.24, 2.45) is 17.4 Å². The molecule has 0 aliphatic rings. The van der Waals surface area contributed by atoms with Gasteiger partial charge in [0.25, 0.3) is 0 Å². The van der Waals surface area contributed by atoms with Crippen molar-refractivity contribution in [2.45, 2.75) is 63.9 Å². The van der Waals surface area contributed by atoms with Crippen LogP contribution in [-0.4, -0.2) is 81.2 Å². The summed E-state index contributed by atoms with van der Waals surface area (Å²) < 4.78 is 0. The van der Waals surface area contributed by atoms with Gasteiger partial charge in [0.1, 0.15) is 18.1 Å². The van der Waals surface area contributed by atoms with E-state index in [1.165, 1.54) is 13.8 Å². The molecule has 0 heterocycles. The quantitative estimate of drug-likeness (QED) is 0.137. The Morgan fingerprint density at radius 1 is 0.806 bits per heavy atom. The molecule has 0 unspecified atom stereocenters. The lowest BCUT2D eigenvalue weighted by Gasteiger charge is -2.26. The van der Waals surface area contributed by atoms with E-state index in [4.69, 9.17) is 21.7 Å². The second kappa shape index (κ2) is 12.4. The number of carboxylic acids is 2. The highest BCUT2D eigenvalue weighted by atomic mass is 16.4. The van der Waals surface area contributed by atoms with E-state index in [9.17, 15) is 33.9 Å².